The molecule has 0 aliphatic carbocycles. The number of ether oxygens (including phenoxy) is 2. The van der Waals surface area contributed by atoms with Gasteiger partial charge in [-0.1, -0.05) is 49.0 Å². The lowest BCUT2D eigenvalue weighted by Gasteiger charge is -2.16. The first-order valence-corrected chi connectivity index (χ1v) is 7.50. The number of hydrogen-bond donors (Lipinski definition) is 0. The maximum absolute atomic E-state index is 12.0. The van der Waals surface area contributed by atoms with E-state index in [1.807, 2.05) is 25.1 Å². The second kappa shape index (κ2) is 8.64. The number of rotatable bonds is 6. The Morgan fingerprint density at radius 3 is 2.45 bits per heavy atom. The molecule has 0 amide bonds. The van der Waals surface area contributed by atoms with E-state index in [1.165, 1.54) is 11.8 Å². The third-order valence-corrected chi connectivity index (χ3v) is 3.59. The van der Waals surface area contributed by atoms with Gasteiger partial charge in [0, 0.05) is 10.8 Å². The molecule has 0 radical (unpaired) electrons. The molecule has 20 heavy (non-hydrogen) atoms. The molecule has 5 heteroatoms. The molecule has 2 atom stereocenters. The van der Waals surface area contributed by atoms with Crippen LogP contribution in [0.5, 0.6) is 0 Å². The topological polar surface area (TPSA) is 52.6 Å². The average Bonchev–Trinajstić information content (AvgIpc) is 2.39. The molecule has 2 unspecified atom stereocenters. The van der Waals surface area contributed by atoms with Crippen LogP contribution in [0, 0.1) is 0 Å². The minimum absolute atomic E-state index is 0.0291. The van der Waals surface area contributed by atoms with Crippen molar-refractivity contribution in [2.24, 2.45) is 0 Å². The van der Waals surface area contributed by atoms with Gasteiger partial charge in [-0.15, -0.1) is 0 Å². The molecule has 0 aromatic heterocycles. The standard InChI is InChI=1S/C15H20O4S/c1-4-18-15(17)19-11(2)10-12(3)20-14(16)13-8-6-5-7-9-13/h5-9,11-12H,4,10H2,1-3H3. The summed E-state index contributed by atoms with van der Waals surface area (Å²) in [5.41, 5.74) is 0.684. The van der Waals surface area contributed by atoms with Crippen LogP contribution in [-0.2, 0) is 9.47 Å². The van der Waals surface area contributed by atoms with E-state index in [0.717, 1.165) is 0 Å². The van der Waals surface area contributed by atoms with Gasteiger partial charge >= 0.3 is 6.16 Å². The second-order valence-corrected chi connectivity index (χ2v) is 5.84. The molecule has 0 aliphatic heterocycles. The summed E-state index contributed by atoms with van der Waals surface area (Å²) in [6.45, 7) is 5.75. The number of carbonyl (C=O) groups is 2. The molecule has 1 aromatic rings. The van der Waals surface area contributed by atoms with Gasteiger partial charge in [-0.25, -0.2) is 4.79 Å². The average molecular weight is 296 g/mol. The Hall–Kier alpha value is -1.49. The molecular formula is C15H20O4S. The predicted octanol–water partition coefficient (Wildman–Crippen LogP) is 3.90. The highest BCUT2D eigenvalue weighted by Crippen LogP contribution is 2.22. The fraction of sp³-hybridized carbons (Fsp3) is 0.467. The lowest BCUT2D eigenvalue weighted by molar-refractivity contribution is 0.0300. The summed E-state index contributed by atoms with van der Waals surface area (Å²) in [6, 6.07) is 9.14. The van der Waals surface area contributed by atoms with Gasteiger partial charge in [-0.2, -0.15) is 0 Å². The first-order chi connectivity index (χ1) is 9.52. The minimum atomic E-state index is -0.661. The summed E-state index contributed by atoms with van der Waals surface area (Å²) < 4.78 is 9.77. The SMILES string of the molecule is CCOC(=O)OC(C)CC(C)SC(=O)c1ccccc1. The first-order valence-electron chi connectivity index (χ1n) is 6.62. The molecule has 1 aromatic carbocycles. The minimum Gasteiger partial charge on any atom is -0.435 e. The van der Waals surface area contributed by atoms with Crippen molar-refractivity contribution in [3.05, 3.63) is 35.9 Å². The van der Waals surface area contributed by atoms with Crippen LogP contribution >= 0.6 is 11.8 Å². The molecule has 1 rings (SSSR count). The van der Waals surface area contributed by atoms with E-state index < -0.39 is 6.16 Å². The van der Waals surface area contributed by atoms with E-state index in [9.17, 15) is 9.59 Å². The molecule has 110 valence electrons. The summed E-state index contributed by atoms with van der Waals surface area (Å²) >= 11 is 1.25. The molecule has 0 aliphatic rings. The van der Waals surface area contributed by atoms with Crippen LogP contribution in [0.4, 0.5) is 4.79 Å². The maximum Gasteiger partial charge on any atom is 0.508 e. The van der Waals surface area contributed by atoms with Gasteiger partial charge in [-0.05, 0) is 20.3 Å². The van der Waals surface area contributed by atoms with Gasteiger partial charge in [0.25, 0.3) is 0 Å². The Labute approximate surface area is 123 Å². The molecule has 0 bridgehead atoms. The fourth-order valence-corrected chi connectivity index (χ4v) is 2.71. The van der Waals surface area contributed by atoms with Crippen molar-refractivity contribution in [3.8, 4) is 0 Å². The van der Waals surface area contributed by atoms with Crippen molar-refractivity contribution in [2.45, 2.75) is 38.5 Å². The quantitative estimate of drug-likeness (QED) is 0.745. The third-order valence-electron chi connectivity index (χ3n) is 2.54. The number of hydrogen-bond acceptors (Lipinski definition) is 5. The van der Waals surface area contributed by atoms with E-state index in [1.54, 1.807) is 26.0 Å². The van der Waals surface area contributed by atoms with E-state index in [0.29, 0.717) is 18.6 Å². The zero-order valence-corrected chi connectivity index (χ0v) is 12.8. The van der Waals surface area contributed by atoms with Gasteiger partial charge in [0.1, 0.15) is 6.10 Å². The molecular weight excluding hydrogens is 276 g/mol. The number of benzene rings is 1. The van der Waals surface area contributed by atoms with Crippen molar-refractivity contribution in [1.29, 1.82) is 0 Å². The summed E-state index contributed by atoms with van der Waals surface area (Å²) in [5, 5.41) is 0.0913. The third kappa shape index (κ3) is 6.10. The predicted molar refractivity (Wildman–Crippen MR) is 80.0 cm³/mol. The maximum atomic E-state index is 12.0. The Balaban J connectivity index is 2.38. The van der Waals surface area contributed by atoms with E-state index >= 15 is 0 Å². The lowest BCUT2D eigenvalue weighted by Crippen LogP contribution is -2.20. The Morgan fingerprint density at radius 2 is 1.85 bits per heavy atom. The highest BCUT2D eigenvalue weighted by Gasteiger charge is 2.17. The highest BCUT2D eigenvalue weighted by molar-refractivity contribution is 8.14. The van der Waals surface area contributed by atoms with Crippen LogP contribution in [-0.4, -0.2) is 29.2 Å². The normalized spacial score (nSPS) is 13.3. The molecule has 0 spiro atoms. The van der Waals surface area contributed by atoms with Gasteiger partial charge in [0.15, 0.2) is 0 Å². The molecule has 0 saturated carbocycles. The van der Waals surface area contributed by atoms with Crippen LogP contribution in [0.2, 0.25) is 0 Å². The molecule has 0 N–H and O–H groups in total. The van der Waals surface area contributed by atoms with Gasteiger partial charge in [0.05, 0.1) is 6.61 Å². The summed E-state index contributed by atoms with van der Waals surface area (Å²) in [5.74, 6) is 0. The Morgan fingerprint density at radius 1 is 1.20 bits per heavy atom. The smallest absolute Gasteiger partial charge is 0.435 e. The van der Waals surface area contributed by atoms with E-state index in [2.05, 4.69) is 0 Å². The summed E-state index contributed by atoms with van der Waals surface area (Å²) in [4.78, 5) is 23.2. The number of thioether (sulfide) groups is 1. The summed E-state index contributed by atoms with van der Waals surface area (Å²) in [6.07, 6.45) is -0.339. The van der Waals surface area contributed by atoms with Crippen LogP contribution in [0.1, 0.15) is 37.6 Å². The fourth-order valence-electron chi connectivity index (χ4n) is 1.70. The van der Waals surface area contributed by atoms with Crippen molar-refractivity contribution >= 4 is 23.0 Å². The van der Waals surface area contributed by atoms with Crippen LogP contribution in [0.25, 0.3) is 0 Å². The Kier molecular flexibility index (Phi) is 7.15. The number of carbonyl (C=O) groups excluding carboxylic acids is 2. The van der Waals surface area contributed by atoms with Crippen molar-refractivity contribution in [3.63, 3.8) is 0 Å². The van der Waals surface area contributed by atoms with Gasteiger partial charge < -0.3 is 9.47 Å². The molecule has 0 heterocycles. The zero-order valence-electron chi connectivity index (χ0n) is 12.0. The molecule has 4 nitrogen and oxygen atoms in total. The Bertz CT molecular complexity index is 433. The van der Waals surface area contributed by atoms with Crippen LogP contribution in [0.3, 0.4) is 0 Å². The van der Waals surface area contributed by atoms with Crippen molar-refractivity contribution in [1.82, 2.24) is 0 Å². The van der Waals surface area contributed by atoms with Crippen LogP contribution in [0.15, 0.2) is 30.3 Å². The monoisotopic (exact) mass is 296 g/mol. The van der Waals surface area contributed by atoms with Gasteiger partial charge in [0.2, 0.25) is 5.12 Å². The zero-order chi connectivity index (χ0) is 15.0. The van der Waals surface area contributed by atoms with Crippen molar-refractivity contribution in [2.75, 3.05) is 6.61 Å². The molecule has 0 saturated heterocycles. The summed E-state index contributed by atoms with van der Waals surface area (Å²) in [7, 11) is 0. The first kappa shape index (κ1) is 16.6. The van der Waals surface area contributed by atoms with Crippen LogP contribution < -0.4 is 0 Å². The van der Waals surface area contributed by atoms with E-state index in [4.69, 9.17) is 9.47 Å². The van der Waals surface area contributed by atoms with Gasteiger partial charge in [-0.3, -0.25) is 4.79 Å². The lowest BCUT2D eigenvalue weighted by atomic mass is 10.2. The highest BCUT2D eigenvalue weighted by atomic mass is 32.2. The molecule has 0 fully saturated rings. The van der Waals surface area contributed by atoms with E-state index in [-0.39, 0.29) is 16.5 Å². The van der Waals surface area contributed by atoms with Crippen molar-refractivity contribution < 1.29 is 19.1 Å². The largest absolute Gasteiger partial charge is 0.508 e. The second-order valence-electron chi connectivity index (χ2n) is 4.43.